The average Bonchev–Trinajstić information content (AvgIpc) is 3.08. The van der Waals surface area contributed by atoms with Gasteiger partial charge in [0.25, 0.3) is 0 Å². The topological polar surface area (TPSA) is 30.5 Å². The molecule has 21 heteroatoms. The molecule has 0 fully saturated rings. The van der Waals surface area contributed by atoms with E-state index in [0.717, 1.165) is 5.56 Å². The first-order valence-corrected chi connectivity index (χ1v) is 15.2. The largest absolute Gasteiger partial charge is 0.496 e. The maximum absolute atomic E-state index is 14.2. The molecule has 0 amide bonds. The van der Waals surface area contributed by atoms with Gasteiger partial charge < -0.3 is 14.8 Å². The van der Waals surface area contributed by atoms with E-state index in [1.807, 2.05) is 0 Å². The van der Waals surface area contributed by atoms with Gasteiger partial charge in [0.05, 0.1) is 13.7 Å². The molecule has 0 aromatic heterocycles. The Kier molecular flexibility index (Phi) is 12.8. The van der Waals surface area contributed by atoms with Gasteiger partial charge in [0.2, 0.25) is 0 Å². The molecule has 0 radical (unpaired) electrons. The van der Waals surface area contributed by atoms with E-state index >= 15 is 0 Å². The quantitative estimate of drug-likeness (QED) is 0.103. The SMILES string of the molecule is COc1cc(OCCCC(F)(F)C(F)(F)C(F)(F)C(F)(F)C(F)(F)C(F)(F)C(F)(F)C(F)(F)F)ccc1CNCCc1ccc(-c2ccccc2F)cc1. The second kappa shape index (κ2) is 15.6. The van der Waals surface area contributed by atoms with Crippen LogP contribution in [0.5, 0.6) is 11.5 Å². The van der Waals surface area contributed by atoms with Gasteiger partial charge in [-0.3, -0.25) is 0 Å². The van der Waals surface area contributed by atoms with Gasteiger partial charge >= 0.3 is 47.6 Å². The maximum Gasteiger partial charge on any atom is 0.460 e. The maximum atomic E-state index is 14.2. The lowest BCUT2D eigenvalue weighted by atomic mass is 9.88. The molecule has 3 aromatic carbocycles. The predicted molar refractivity (Wildman–Crippen MR) is 156 cm³/mol. The highest BCUT2D eigenvalue weighted by molar-refractivity contribution is 5.64. The Morgan fingerprint density at radius 2 is 1.15 bits per heavy atom. The Balaban J connectivity index is 1.59. The Hall–Kier alpha value is -4.04. The van der Waals surface area contributed by atoms with Crippen LogP contribution in [0.25, 0.3) is 11.1 Å². The third-order valence-corrected chi connectivity index (χ3v) is 7.99. The van der Waals surface area contributed by atoms with Crippen molar-refractivity contribution in [3.05, 3.63) is 83.7 Å². The summed E-state index contributed by atoms with van der Waals surface area (Å²) in [5.74, 6) is -57.0. The van der Waals surface area contributed by atoms with E-state index in [1.165, 1.54) is 31.4 Å². The fraction of sp³-hybridized carbons (Fsp3) is 0.455. The van der Waals surface area contributed by atoms with E-state index in [0.29, 0.717) is 29.7 Å². The number of methoxy groups -OCH3 is 1. The third-order valence-electron chi connectivity index (χ3n) is 7.99. The van der Waals surface area contributed by atoms with Crippen LogP contribution in [-0.4, -0.2) is 67.9 Å². The van der Waals surface area contributed by atoms with Crippen LogP contribution in [-0.2, 0) is 13.0 Å². The zero-order valence-electron chi connectivity index (χ0n) is 27.2. The van der Waals surface area contributed by atoms with Crippen molar-refractivity contribution in [2.75, 3.05) is 20.3 Å². The smallest absolute Gasteiger partial charge is 0.460 e. The number of halogens is 18. The summed E-state index contributed by atoms with van der Waals surface area (Å²) in [7, 11) is 1.21. The van der Waals surface area contributed by atoms with Gasteiger partial charge in [-0.15, -0.1) is 0 Å². The first-order valence-electron chi connectivity index (χ1n) is 15.2. The molecule has 3 aromatic rings. The lowest BCUT2D eigenvalue weighted by molar-refractivity contribution is -0.461. The molecule has 0 aliphatic rings. The second-order valence-corrected chi connectivity index (χ2v) is 11.7. The summed E-state index contributed by atoms with van der Waals surface area (Å²) in [4.78, 5) is 0. The van der Waals surface area contributed by atoms with Crippen LogP contribution in [0.2, 0.25) is 0 Å². The monoisotopic (exact) mass is 811 g/mol. The Bertz CT molecular complexity index is 1710. The molecule has 54 heavy (non-hydrogen) atoms. The molecule has 0 saturated heterocycles. The van der Waals surface area contributed by atoms with Crippen molar-refractivity contribution in [3.8, 4) is 22.6 Å². The molecule has 0 aliphatic heterocycles. The summed E-state index contributed by atoms with van der Waals surface area (Å²) in [6, 6.07) is 17.1. The van der Waals surface area contributed by atoms with Crippen LogP contribution in [0.3, 0.4) is 0 Å². The van der Waals surface area contributed by atoms with E-state index in [1.54, 1.807) is 42.5 Å². The molecule has 0 saturated carbocycles. The van der Waals surface area contributed by atoms with Crippen molar-refractivity contribution >= 4 is 0 Å². The first kappa shape index (κ1) is 44.4. The van der Waals surface area contributed by atoms with Crippen molar-refractivity contribution in [2.24, 2.45) is 0 Å². The lowest BCUT2D eigenvalue weighted by Gasteiger charge is -2.42. The predicted octanol–water partition coefficient (Wildman–Crippen LogP) is 11.0. The molecule has 0 heterocycles. The van der Waals surface area contributed by atoms with Gasteiger partial charge in [0, 0.05) is 30.2 Å². The van der Waals surface area contributed by atoms with E-state index in [2.05, 4.69) is 5.32 Å². The molecule has 3 nitrogen and oxygen atoms in total. The number of hydrogen-bond donors (Lipinski definition) is 1. The number of rotatable bonds is 18. The molecular formula is C33H27F18NO2. The van der Waals surface area contributed by atoms with Gasteiger partial charge in [-0.05, 0) is 42.6 Å². The van der Waals surface area contributed by atoms with E-state index in [4.69, 9.17) is 9.47 Å². The van der Waals surface area contributed by atoms with Crippen LogP contribution in [0, 0.1) is 5.82 Å². The summed E-state index contributed by atoms with van der Waals surface area (Å²) >= 11 is 0. The van der Waals surface area contributed by atoms with E-state index in [9.17, 15) is 79.0 Å². The molecule has 0 aliphatic carbocycles. The number of alkyl halides is 17. The van der Waals surface area contributed by atoms with Gasteiger partial charge in [-0.1, -0.05) is 48.5 Å². The molecular weight excluding hydrogens is 784 g/mol. The minimum Gasteiger partial charge on any atom is -0.496 e. The van der Waals surface area contributed by atoms with Gasteiger partial charge in [0.15, 0.2) is 0 Å². The minimum atomic E-state index is -8.66. The second-order valence-electron chi connectivity index (χ2n) is 11.7. The van der Waals surface area contributed by atoms with Crippen molar-refractivity contribution < 1.29 is 88.5 Å². The first-order chi connectivity index (χ1) is 24.6. The van der Waals surface area contributed by atoms with Gasteiger partial charge in [-0.2, -0.15) is 74.6 Å². The number of benzene rings is 3. The van der Waals surface area contributed by atoms with Crippen LogP contribution < -0.4 is 14.8 Å². The molecule has 0 spiro atoms. The average molecular weight is 812 g/mol. The van der Waals surface area contributed by atoms with Crippen molar-refractivity contribution in [1.82, 2.24) is 5.32 Å². The zero-order chi connectivity index (χ0) is 41.2. The number of hydrogen-bond acceptors (Lipinski definition) is 3. The number of ether oxygens (including phenoxy) is 2. The number of nitrogens with one attached hydrogen (secondary N) is 1. The van der Waals surface area contributed by atoms with E-state index in [-0.39, 0.29) is 23.9 Å². The fourth-order valence-electron chi connectivity index (χ4n) is 4.80. The minimum absolute atomic E-state index is 0.127. The normalized spacial score (nSPS) is 14.0. The summed E-state index contributed by atoms with van der Waals surface area (Å²) in [6.07, 6.45) is -11.3. The Morgan fingerprint density at radius 3 is 1.69 bits per heavy atom. The molecule has 0 bridgehead atoms. The summed E-state index contributed by atoms with van der Waals surface area (Å²) < 4.78 is 253. The summed E-state index contributed by atoms with van der Waals surface area (Å²) in [6.45, 7) is -0.448. The van der Waals surface area contributed by atoms with Crippen molar-refractivity contribution in [2.45, 2.75) is 73.4 Å². The van der Waals surface area contributed by atoms with Crippen LogP contribution in [0.15, 0.2) is 66.7 Å². The zero-order valence-corrected chi connectivity index (χ0v) is 27.2. The summed E-state index contributed by atoms with van der Waals surface area (Å²) in [5, 5.41) is 3.11. The lowest BCUT2D eigenvalue weighted by Crippen LogP contribution is -2.74. The van der Waals surface area contributed by atoms with Gasteiger partial charge in [-0.25, -0.2) is 4.39 Å². The van der Waals surface area contributed by atoms with Crippen molar-refractivity contribution in [3.63, 3.8) is 0 Å². The molecule has 0 atom stereocenters. The standard InChI is InChI=1S/C33H27F18NO2/c1-53-25-17-22(12-11-21(25)18-52-15-13-19-7-9-20(10-8-19)23-5-2-3-6-24(23)34)54-16-4-14-26(35,36)27(37,38)28(39,40)29(41,42)30(43,44)31(45,46)32(47,48)33(49,50)51/h2-3,5-12,17,52H,4,13-16,18H2,1H3. The highest BCUT2D eigenvalue weighted by Crippen LogP contribution is 2.64. The molecule has 0 unspecified atom stereocenters. The summed E-state index contributed by atoms with van der Waals surface area (Å²) in [5.41, 5.74) is 2.51. The van der Waals surface area contributed by atoms with Crippen molar-refractivity contribution in [1.29, 1.82) is 0 Å². The highest BCUT2D eigenvalue weighted by Gasteiger charge is 2.95. The third kappa shape index (κ3) is 8.14. The molecule has 3 rings (SSSR count). The Morgan fingerprint density at radius 1 is 0.611 bits per heavy atom. The molecule has 302 valence electrons. The Labute approximate surface area is 294 Å². The fourth-order valence-corrected chi connectivity index (χ4v) is 4.80. The van der Waals surface area contributed by atoms with E-state index < -0.39 is 67.1 Å². The van der Waals surface area contributed by atoms with Crippen LogP contribution in [0.1, 0.15) is 24.0 Å². The highest BCUT2D eigenvalue weighted by atomic mass is 19.4. The van der Waals surface area contributed by atoms with Gasteiger partial charge in [0.1, 0.15) is 17.3 Å². The molecule has 1 N–H and O–H groups in total. The van der Waals surface area contributed by atoms with Crippen LogP contribution in [0.4, 0.5) is 79.0 Å². The van der Waals surface area contributed by atoms with Crippen LogP contribution >= 0.6 is 0 Å².